The lowest BCUT2D eigenvalue weighted by atomic mass is 10.2. The van der Waals surface area contributed by atoms with E-state index in [0.717, 1.165) is 0 Å². The first-order valence-corrected chi connectivity index (χ1v) is 5.41. The summed E-state index contributed by atoms with van der Waals surface area (Å²) in [6.45, 7) is 2.84. The van der Waals surface area contributed by atoms with Gasteiger partial charge in [0.05, 0.1) is 18.4 Å². The number of amides is 1. The van der Waals surface area contributed by atoms with Crippen LogP contribution in [0.4, 0.5) is 5.69 Å². The fourth-order valence-corrected chi connectivity index (χ4v) is 1.29. The van der Waals surface area contributed by atoms with E-state index in [2.05, 4.69) is 15.3 Å². The number of ether oxygens (including phenoxy) is 1. The van der Waals surface area contributed by atoms with E-state index in [-0.39, 0.29) is 17.3 Å². The topological polar surface area (TPSA) is 103 Å². The lowest BCUT2D eigenvalue weighted by molar-refractivity contribution is -0.114. The molecule has 0 saturated heterocycles. The van der Waals surface area contributed by atoms with Gasteiger partial charge in [0.2, 0.25) is 5.91 Å². The molecule has 0 aromatic heterocycles. The highest BCUT2D eigenvalue weighted by atomic mass is 16.7. The van der Waals surface area contributed by atoms with Crippen LogP contribution in [0.25, 0.3) is 0 Å². The smallest absolute Gasteiger partial charge is 0.365 e. The van der Waals surface area contributed by atoms with E-state index in [1.54, 1.807) is 6.07 Å². The molecular formula is C12H15N3O4. The first kappa shape index (κ1) is 14.5. The molecule has 0 atom stereocenters. The van der Waals surface area contributed by atoms with Crippen LogP contribution >= 0.6 is 0 Å². The molecular weight excluding hydrogens is 250 g/mol. The second-order valence-corrected chi connectivity index (χ2v) is 3.71. The minimum Gasteiger partial charge on any atom is -0.495 e. The van der Waals surface area contributed by atoms with Gasteiger partial charge in [0.25, 0.3) is 0 Å². The number of rotatable bonds is 4. The van der Waals surface area contributed by atoms with Gasteiger partial charge in [-0.3, -0.25) is 4.79 Å². The Morgan fingerprint density at radius 1 is 1.32 bits per heavy atom. The van der Waals surface area contributed by atoms with Crippen molar-refractivity contribution in [3.63, 3.8) is 0 Å². The van der Waals surface area contributed by atoms with Crippen LogP contribution in [0, 0.1) is 0 Å². The minimum atomic E-state index is -0.681. The van der Waals surface area contributed by atoms with E-state index in [1.165, 1.54) is 33.1 Å². The Hall–Kier alpha value is -2.57. The van der Waals surface area contributed by atoms with Crippen molar-refractivity contribution in [2.75, 3.05) is 12.4 Å². The van der Waals surface area contributed by atoms with Crippen LogP contribution in [-0.4, -0.2) is 24.8 Å². The molecule has 1 aromatic carbocycles. The maximum atomic E-state index is 11.6. The average Bonchev–Trinajstić information content (AvgIpc) is 2.35. The van der Waals surface area contributed by atoms with Gasteiger partial charge < -0.3 is 20.6 Å². The maximum Gasteiger partial charge on any atom is 0.365 e. The zero-order valence-electron chi connectivity index (χ0n) is 10.9. The molecule has 0 saturated carbocycles. The predicted octanol–water partition coefficient (Wildman–Crippen LogP) is 1.10. The zero-order chi connectivity index (χ0) is 14.4. The van der Waals surface area contributed by atoms with E-state index in [0.29, 0.717) is 11.4 Å². The molecule has 0 heterocycles. The molecule has 0 aliphatic heterocycles. The number of amidine groups is 1. The Morgan fingerprint density at radius 2 is 2.00 bits per heavy atom. The molecule has 0 bridgehead atoms. The molecule has 0 aliphatic rings. The predicted molar refractivity (Wildman–Crippen MR) is 70.0 cm³/mol. The number of carbonyl (C=O) groups excluding carboxylic acids is 2. The number of methoxy groups -OCH3 is 1. The molecule has 0 fully saturated rings. The molecule has 102 valence electrons. The van der Waals surface area contributed by atoms with Gasteiger partial charge in [0.1, 0.15) is 11.6 Å². The van der Waals surface area contributed by atoms with Gasteiger partial charge in [-0.15, -0.1) is 0 Å². The normalized spacial score (nSPS) is 10.8. The third-order valence-electron chi connectivity index (χ3n) is 2.02. The second kappa shape index (κ2) is 6.39. The summed E-state index contributed by atoms with van der Waals surface area (Å²) < 4.78 is 5.06. The number of hydrogen-bond acceptors (Lipinski definition) is 5. The summed E-state index contributed by atoms with van der Waals surface area (Å²) in [6, 6.07) is 4.47. The van der Waals surface area contributed by atoms with Crippen molar-refractivity contribution in [2.45, 2.75) is 13.8 Å². The number of oxime groups is 1. The molecule has 7 heteroatoms. The Bertz CT molecular complexity index is 522. The number of carbonyl (C=O) groups is 2. The summed E-state index contributed by atoms with van der Waals surface area (Å²) in [5.41, 5.74) is 5.85. The summed E-state index contributed by atoms with van der Waals surface area (Å²) in [4.78, 5) is 27.3. The Balaban J connectivity index is 3.00. The van der Waals surface area contributed by atoms with Crippen molar-refractivity contribution in [2.24, 2.45) is 10.9 Å². The van der Waals surface area contributed by atoms with Gasteiger partial charge in [-0.1, -0.05) is 5.16 Å². The molecule has 0 aliphatic carbocycles. The van der Waals surface area contributed by atoms with Crippen LogP contribution in [0.3, 0.4) is 0 Å². The molecule has 19 heavy (non-hydrogen) atoms. The standard InChI is InChI=1S/C12H15N3O4/c1-7(13)15-19-12(17)9-4-5-11(18-3)10(6-9)14-8(2)16/h4-6H,1-3H3,(H2,13,15)(H,14,16). The summed E-state index contributed by atoms with van der Waals surface area (Å²) in [7, 11) is 1.46. The van der Waals surface area contributed by atoms with E-state index in [4.69, 9.17) is 10.5 Å². The van der Waals surface area contributed by atoms with E-state index < -0.39 is 5.97 Å². The average molecular weight is 265 g/mol. The highest BCUT2D eigenvalue weighted by Crippen LogP contribution is 2.25. The second-order valence-electron chi connectivity index (χ2n) is 3.71. The first-order chi connectivity index (χ1) is 8.93. The number of anilines is 1. The molecule has 0 radical (unpaired) electrons. The fraction of sp³-hybridized carbons (Fsp3) is 0.250. The van der Waals surface area contributed by atoms with E-state index in [9.17, 15) is 9.59 Å². The molecule has 1 rings (SSSR count). The van der Waals surface area contributed by atoms with Crippen molar-refractivity contribution in [3.05, 3.63) is 23.8 Å². The number of nitrogens with zero attached hydrogens (tertiary/aromatic N) is 1. The first-order valence-electron chi connectivity index (χ1n) is 5.41. The Morgan fingerprint density at radius 3 is 2.53 bits per heavy atom. The minimum absolute atomic E-state index is 0.129. The summed E-state index contributed by atoms with van der Waals surface area (Å²) in [5, 5.41) is 5.91. The molecule has 7 nitrogen and oxygen atoms in total. The Labute approximate surface area is 110 Å². The van der Waals surface area contributed by atoms with Crippen molar-refractivity contribution in [1.82, 2.24) is 0 Å². The summed E-state index contributed by atoms with van der Waals surface area (Å²) >= 11 is 0. The summed E-state index contributed by atoms with van der Waals surface area (Å²) in [5.74, 6) is -0.395. The van der Waals surface area contributed by atoms with E-state index >= 15 is 0 Å². The monoisotopic (exact) mass is 265 g/mol. The van der Waals surface area contributed by atoms with Crippen molar-refractivity contribution in [3.8, 4) is 5.75 Å². The van der Waals surface area contributed by atoms with Crippen LogP contribution < -0.4 is 15.8 Å². The van der Waals surface area contributed by atoms with Gasteiger partial charge >= 0.3 is 5.97 Å². The van der Waals surface area contributed by atoms with Gasteiger partial charge in [-0.05, 0) is 25.1 Å². The quantitative estimate of drug-likeness (QED) is 0.367. The molecule has 0 unspecified atom stereocenters. The van der Waals surface area contributed by atoms with Gasteiger partial charge in [0, 0.05) is 6.92 Å². The summed E-state index contributed by atoms with van der Waals surface area (Å²) in [6.07, 6.45) is 0. The number of nitrogens with one attached hydrogen (secondary N) is 1. The highest BCUT2D eigenvalue weighted by Gasteiger charge is 2.12. The third-order valence-corrected chi connectivity index (χ3v) is 2.02. The van der Waals surface area contributed by atoms with Crippen molar-refractivity contribution < 1.29 is 19.2 Å². The van der Waals surface area contributed by atoms with Gasteiger partial charge in [0.15, 0.2) is 0 Å². The molecule has 3 N–H and O–H groups in total. The molecule has 0 spiro atoms. The van der Waals surface area contributed by atoms with Crippen LogP contribution in [0.2, 0.25) is 0 Å². The largest absolute Gasteiger partial charge is 0.495 e. The van der Waals surface area contributed by atoms with Crippen LogP contribution in [-0.2, 0) is 9.63 Å². The van der Waals surface area contributed by atoms with Crippen molar-refractivity contribution >= 4 is 23.4 Å². The van der Waals surface area contributed by atoms with Crippen LogP contribution in [0.15, 0.2) is 23.4 Å². The zero-order valence-corrected chi connectivity index (χ0v) is 10.9. The SMILES string of the molecule is COc1ccc(C(=O)O/N=C(/C)N)cc1NC(C)=O. The van der Waals surface area contributed by atoms with Gasteiger partial charge in [-0.2, -0.15) is 0 Å². The molecule has 1 aromatic rings. The lowest BCUT2D eigenvalue weighted by Gasteiger charge is -2.09. The van der Waals surface area contributed by atoms with Crippen LogP contribution in [0.1, 0.15) is 24.2 Å². The Kier molecular flexibility index (Phi) is 4.87. The number of hydrogen-bond donors (Lipinski definition) is 2. The lowest BCUT2D eigenvalue weighted by Crippen LogP contribution is -2.11. The van der Waals surface area contributed by atoms with Gasteiger partial charge in [-0.25, -0.2) is 4.79 Å². The number of nitrogens with two attached hydrogens (primary N) is 1. The third kappa shape index (κ3) is 4.30. The van der Waals surface area contributed by atoms with Crippen molar-refractivity contribution in [1.29, 1.82) is 0 Å². The highest BCUT2D eigenvalue weighted by molar-refractivity contribution is 5.95. The van der Waals surface area contributed by atoms with E-state index in [1.807, 2.05) is 0 Å². The van der Waals surface area contributed by atoms with Crippen LogP contribution in [0.5, 0.6) is 5.75 Å². The maximum absolute atomic E-state index is 11.6. The fourth-order valence-electron chi connectivity index (χ4n) is 1.29. The number of benzene rings is 1. The molecule has 1 amide bonds.